The second-order valence-electron chi connectivity index (χ2n) is 19.9. The summed E-state index contributed by atoms with van der Waals surface area (Å²) < 4.78 is 41.9. The Kier molecular flexibility index (Phi) is 17.2. The first-order valence-corrected chi connectivity index (χ1v) is 27.1. The van der Waals surface area contributed by atoms with Crippen LogP contribution in [-0.2, 0) is 72.9 Å². The number of fused-ring (bicyclic) bond motifs is 2. The van der Waals surface area contributed by atoms with Crippen molar-refractivity contribution in [2.75, 3.05) is 13.7 Å². The van der Waals surface area contributed by atoms with Gasteiger partial charge in [0.15, 0.2) is 6.10 Å². The van der Waals surface area contributed by atoms with Crippen molar-refractivity contribution >= 4 is 50.7 Å². The lowest BCUT2D eigenvalue weighted by molar-refractivity contribution is -0.193. The summed E-state index contributed by atoms with van der Waals surface area (Å²) in [5.41, 5.74) is 7.85. The molecule has 406 valence electrons. The number of nitrogens with one attached hydrogen (secondary N) is 1. The maximum absolute atomic E-state index is 16.5. The number of aromatic amines is 1. The monoisotopic (exact) mass is 1080 g/mol. The van der Waals surface area contributed by atoms with E-state index in [9.17, 15) is 0 Å². The van der Waals surface area contributed by atoms with Gasteiger partial charge < -0.3 is 33.4 Å². The Morgan fingerprint density at radius 2 is 0.938 bits per heavy atom. The van der Waals surface area contributed by atoms with Crippen molar-refractivity contribution in [3.8, 4) is 5.75 Å². The second kappa shape index (κ2) is 25.8. The van der Waals surface area contributed by atoms with Gasteiger partial charge in [0.1, 0.15) is 24.1 Å². The molecule has 0 fully saturated rings. The molecular weight excluding hydrogens is 1010 g/mol. The third-order valence-corrected chi connectivity index (χ3v) is 14.5. The number of benzene rings is 8. The molecule has 0 bridgehead atoms. The molecule has 12 nitrogen and oxygen atoms in total. The number of nitrogens with zero attached hydrogens (tertiary/aromatic N) is 2. The number of para-hydroxylation sites is 2. The molecule has 8 aromatic carbocycles. The molecule has 0 aliphatic carbocycles. The molecule has 0 unspecified atom stereocenters. The highest BCUT2D eigenvalue weighted by atomic mass is 16.6. The number of carbonyl (C=O) groups is 3. The fourth-order valence-corrected chi connectivity index (χ4v) is 10.4. The lowest BCUT2D eigenvalue weighted by Crippen LogP contribution is -2.54. The minimum Gasteiger partial charge on any atom is -0.497 e. The van der Waals surface area contributed by atoms with Gasteiger partial charge in [-0.05, 0) is 57.6 Å². The second-order valence-corrected chi connectivity index (χ2v) is 19.9. The molecule has 0 spiro atoms. The molecule has 2 amide bonds. The zero-order valence-electron chi connectivity index (χ0n) is 44.8. The SMILES string of the molecule is COc1ccc(CO[C@H](COCc2ccccc2)[C@@H](OCc2ccccc2)[C@H](OCc2ccccc2)[C@@H](OCc2ccccc2)C(=O)n2cc(C3=C(c4c[nH]c5ccccc45)C(=O)N(Cc4ccccc4)C3=O)c3ccccc32)cc1. The highest BCUT2D eigenvalue weighted by Crippen LogP contribution is 2.42. The van der Waals surface area contributed by atoms with Crippen molar-refractivity contribution in [1.82, 2.24) is 14.5 Å². The molecular formula is C69H61N3O9. The quantitative estimate of drug-likeness (QED) is 0.0556. The van der Waals surface area contributed by atoms with Crippen molar-refractivity contribution in [2.24, 2.45) is 0 Å². The maximum atomic E-state index is 16.5. The van der Waals surface area contributed by atoms with E-state index < -0.39 is 42.1 Å². The highest BCUT2D eigenvalue weighted by Gasteiger charge is 2.45. The van der Waals surface area contributed by atoms with Crippen LogP contribution in [0.5, 0.6) is 5.75 Å². The minimum atomic E-state index is -1.41. The molecule has 81 heavy (non-hydrogen) atoms. The Morgan fingerprint density at radius 3 is 1.53 bits per heavy atom. The zero-order valence-corrected chi connectivity index (χ0v) is 44.8. The zero-order chi connectivity index (χ0) is 55.3. The lowest BCUT2D eigenvalue weighted by atomic mass is 9.95. The number of hydrogen-bond donors (Lipinski definition) is 1. The number of imide groups is 1. The molecule has 0 saturated carbocycles. The molecule has 4 atom stereocenters. The number of amides is 2. The standard InChI is InChI=1S/C69H61N3O9/c1-76-54-37-35-53(36-38-54)43-78-61(47-77-42-49-23-9-3-10-24-49)64(79-44-50-25-11-4-12-26-50)65(80-45-51-27-13-5-14-28-51)66(81-46-52-29-15-6-16-30-52)69(75)71-41-58(56-32-18-20-34-60(56)71)63-62(57-39-70-59-33-19-17-31-55(57)59)67(73)72(68(63)74)40-48-21-7-2-8-22-48/h2-39,41,61,64-66,70H,40,42-47H2,1H3/t61-,64-,65+,66-/m1/s1. The normalized spacial score (nSPS) is 14.2. The smallest absolute Gasteiger partial charge is 0.263 e. The van der Waals surface area contributed by atoms with E-state index in [-0.39, 0.29) is 57.3 Å². The van der Waals surface area contributed by atoms with E-state index in [2.05, 4.69) is 4.98 Å². The fraction of sp³-hybridized carbons (Fsp3) is 0.174. The van der Waals surface area contributed by atoms with Crippen LogP contribution < -0.4 is 4.74 Å². The Labute approximate surface area is 470 Å². The van der Waals surface area contributed by atoms with Crippen LogP contribution in [-0.4, -0.2) is 70.3 Å². The van der Waals surface area contributed by atoms with Gasteiger partial charge >= 0.3 is 0 Å². The van der Waals surface area contributed by atoms with Crippen molar-refractivity contribution in [2.45, 2.75) is 64.0 Å². The summed E-state index contributed by atoms with van der Waals surface area (Å²) in [4.78, 5) is 51.4. The summed E-state index contributed by atoms with van der Waals surface area (Å²) in [6, 6.07) is 71.2. The van der Waals surface area contributed by atoms with E-state index in [0.717, 1.165) is 44.3 Å². The predicted octanol–water partition coefficient (Wildman–Crippen LogP) is 12.8. The largest absolute Gasteiger partial charge is 0.497 e. The number of hydrogen-bond acceptors (Lipinski definition) is 9. The first kappa shape index (κ1) is 54.0. The third-order valence-electron chi connectivity index (χ3n) is 14.5. The van der Waals surface area contributed by atoms with Crippen molar-refractivity contribution in [1.29, 1.82) is 0 Å². The molecule has 12 heteroatoms. The topological polar surface area (TPSA) is 131 Å². The molecule has 1 N–H and O–H groups in total. The molecule has 0 saturated heterocycles. The fourth-order valence-electron chi connectivity index (χ4n) is 10.4. The first-order chi connectivity index (χ1) is 39.9. The molecule has 3 heterocycles. The van der Waals surface area contributed by atoms with Crippen molar-refractivity contribution < 1.29 is 42.8 Å². The van der Waals surface area contributed by atoms with Gasteiger partial charge in [0.2, 0.25) is 0 Å². The lowest BCUT2D eigenvalue weighted by Gasteiger charge is -2.37. The molecule has 2 aromatic heterocycles. The van der Waals surface area contributed by atoms with Gasteiger partial charge in [-0.3, -0.25) is 23.9 Å². The Hall–Kier alpha value is -9.01. The van der Waals surface area contributed by atoms with Gasteiger partial charge in [0.25, 0.3) is 17.7 Å². The van der Waals surface area contributed by atoms with Crippen LogP contribution in [0.4, 0.5) is 0 Å². The number of aromatic nitrogens is 2. The van der Waals surface area contributed by atoms with Crippen LogP contribution >= 0.6 is 0 Å². The van der Waals surface area contributed by atoms with Crippen LogP contribution in [0.1, 0.15) is 49.3 Å². The highest BCUT2D eigenvalue weighted by molar-refractivity contribution is 6.50. The Balaban J connectivity index is 1.06. The predicted molar refractivity (Wildman–Crippen MR) is 312 cm³/mol. The molecule has 1 aliphatic rings. The van der Waals surface area contributed by atoms with Gasteiger partial charge in [-0.25, -0.2) is 0 Å². The van der Waals surface area contributed by atoms with Crippen LogP contribution in [0.2, 0.25) is 0 Å². The first-order valence-electron chi connectivity index (χ1n) is 27.1. The Bertz CT molecular complexity index is 3740. The number of ether oxygens (including phenoxy) is 6. The summed E-state index contributed by atoms with van der Waals surface area (Å²) in [5.74, 6) is -0.733. The van der Waals surface area contributed by atoms with E-state index >= 15 is 14.4 Å². The summed E-state index contributed by atoms with van der Waals surface area (Å²) in [6.07, 6.45) is -1.05. The van der Waals surface area contributed by atoms with Gasteiger partial charge in [-0.1, -0.05) is 200 Å². The van der Waals surface area contributed by atoms with Crippen molar-refractivity contribution in [3.05, 3.63) is 281 Å². The van der Waals surface area contributed by atoms with Crippen LogP contribution in [0.15, 0.2) is 237 Å². The number of rotatable bonds is 25. The third kappa shape index (κ3) is 12.6. The van der Waals surface area contributed by atoms with Crippen LogP contribution in [0.3, 0.4) is 0 Å². The summed E-state index contributed by atoms with van der Waals surface area (Å²) >= 11 is 0. The molecule has 10 aromatic rings. The van der Waals surface area contributed by atoms with E-state index in [0.29, 0.717) is 27.8 Å². The number of carbonyl (C=O) groups excluding carboxylic acids is 3. The number of H-pyrrole nitrogens is 1. The van der Waals surface area contributed by atoms with Crippen molar-refractivity contribution in [3.63, 3.8) is 0 Å². The van der Waals surface area contributed by atoms with Gasteiger partial charge in [-0.2, -0.15) is 0 Å². The molecule has 1 aliphatic heterocycles. The molecule has 0 radical (unpaired) electrons. The van der Waals surface area contributed by atoms with Gasteiger partial charge in [-0.15, -0.1) is 0 Å². The minimum absolute atomic E-state index is 0.0130. The van der Waals surface area contributed by atoms with E-state index in [1.165, 1.54) is 9.47 Å². The van der Waals surface area contributed by atoms with E-state index in [4.69, 9.17) is 28.4 Å². The Morgan fingerprint density at radius 1 is 0.469 bits per heavy atom. The van der Waals surface area contributed by atoms with Gasteiger partial charge in [0.05, 0.1) is 70.0 Å². The van der Waals surface area contributed by atoms with Crippen LogP contribution in [0.25, 0.3) is 33.0 Å². The molecule has 11 rings (SSSR count). The van der Waals surface area contributed by atoms with E-state index in [1.807, 2.05) is 224 Å². The summed E-state index contributed by atoms with van der Waals surface area (Å²) in [5, 5.41) is 1.36. The van der Waals surface area contributed by atoms with E-state index in [1.54, 1.807) is 19.5 Å². The average molecular weight is 1080 g/mol. The number of methoxy groups -OCH3 is 1. The van der Waals surface area contributed by atoms with Crippen LogP contribution in [0, 0.1) is 0 Å². The summed E-state index contributed by atoms with van der Waals surface area (Å²) in [6.45, 7) is 0.701. The van der Waals surface area contributed by atoms with Gasteiger partial charge in [0, 0.05) is 39.8 Å². The summed E-state index contributed by atoms with van der Waals surface area (Å²) in [7, 11) is 1.63. The maximum Gasteiger partial charge on any atom is 0.263 e. The average Bonchev–Trinajstić information content (AvgIpc) is 4.35.